The molecule has 0 spiro atoms. The Morgan fingerprint density at radius 1 is 1.24 bits per heavy atom. The average Bonchev–Trinajstić information content (AvgIpc) is 2.53. The van der Waals surface area contributed by atoms with Crippen LogP contribution >= 0.6 is 11.8 Å². The molecule has 112 valence electrons. The van der Waals surface area contributed by atoms with Gasteiger partial charge >= 0.3 is 0 Å². The van der Waals surface area contributed by atoms with Crippen LogP contribution in [0.25, 0.3) is 0 Å². The van der Waals surface area contributed by atoms with E-state index in [1.54, 1.807) is 18.9 Å². The zero-order valence-corrected chi connectivity index (χ0v) is 13.5. The van der Waals surface area contributed by atoms with E-state index < -0.39 is 0 Å². The topological polar surface area (TPSA) is 47.0 Å². The van der Waals surface area contributed by atoms with E-state index in [0.717, 1.165) is 28.8 Å². The molecule has 1 aromatic heterocycles. The van der Waals surface area contributed by atoms with Crippen LogP contribution in [0.4, 0.5) is 0 Å². The van der Waals surface area contributed by atoms with Crippen LogP contribution in [0.15, 0.2) is 41.8 Å². The molecule has 2 rings (SSSR count). The minimum absolute atomic E-state index is 0.209. The van der Waals surface area contributed by atoms with E-state index in [2.05, 4.69) is 28.3 Å². The van der Waals surface area contributed by atoms with Gasteiger partial charge in [-0.1, -0.05) is 36.9 Å². The summed E-state index contributed by atoms with van der Waals surface area (Å²) in [7, 11) is 1.71. The second kappa shape index (κ2) is 8.00. The molecule has 1 aromatic carbocycles. The van der Waals surface area contributed by atoms with Gasteiger partial charge in [-0.25, -0.2) is 9.97 Å². The Labute approximate surface area is 130 Å². The number of para-hydroxylation sites is 1. The quantitative estimate of drug-likeness (QED) is 0.628. The summed E-state index contributed by atoms with van der Waals surface area (Å²) < 4.78 is 5.46. The molecule has 0 aliphatic rings. The number of rotatable bonds is 7. The minimum atomic E-state index is 0.209. The van der Waals surface area contributed by atoms with Crippen molar-refractivity contribution in [3.63, 3.8) is 0 Å². The Kier molecular flexibility index (Phi) is 6.02. The maximum absolute atomic E-state index is 5.46. The third-order valence-electron chi connectivity index (χ3n) is 3.10. The van der Waals surface area contributed by atoms with Gasteiger partial charge in [-0.2, -0.15) is 0 Å². The van der Waals surface area contributed by atoms with Gasteiger partial charge in [0.25, 0.3) is 0 Å². The maximum atomic E-state index is 5.46. The Bertz CT molecular complexity index is 560. The third kappa shape index (κ3) is 4.44. The van der Waals surface area contributed by atoms with E-state index in [-0.39, 0.29) is 6.04 Å². The summed E-state index contributed by atoms with van der Waals surface area (Å²) in [6.07, 6.45) is 3.70. The van der Waals surface area contributed by atoms with Crippen LogP contribution in [0.1, 0.15) is 24.1 Å². The van der Waals surface area contributed by atoms with Crippen molar-refractivity contribution in [2.24, 2.45) is 0 Å². The summed E-state index contributed by atoms with van der Waals surface area (Å²) in [5, 5.41) is 4.30. The number of thioether (sulfide) groups is 1. The average molecular weight is 303 g/mol. The molecule has 4 nitrogen and oxygen atoms in total. The minimum Gasteiger partial charge on any atom is -0.496 e. The van der Waals surface area contributed by atoms with E-state index in [1.165, 1.54) is 5.56 Å². The number of hydrogen-bond donors (Lipinski definition) is 1. The van der Waals surface area contributed by atoms with Gasteiger partial charge < -0.3 is 10.1 Å². The fourth-order valence-electron chi connectivity index (χ4n) is 2.07. The SMILES string of the molecule is CCNC(CSc1ncc(C)cn1)c1ccccc1OC. The fraction of sp³-hybridized carbons (Fsp3) is 0.375. The Hall–Kier alpha value is -1.59. The van der Waals surface area contributed by atoms with Crippen LogP contribution in [-0.4, -0.2) is 29.4 Å². The number of methoxy groups -OCH3 is 1. The van der Waals surface area contributed by atoms with Crippen molar-refractivity contribution in [3.05, 3.63) is 47.8 Å². The first-order valence-electron chi connectivity index (χ1n) is 7.02. The van der Waals surface area contributed by atoms with Crippen LogP contribution in [0.3, 0.4) is 0 Å². The summed E-state index contributed by atoms with van der Waals surface area (Å²) in [6.45, 7) is 5.00. The lowest BCUT2D eigenvalue weighted by Gasteiger charge is -2.20. The molecule has 2 aromatic rings. The van der Waals surface area contributed by atoms with Crippen molar-refractivity contribution in [1.82, 2.24) is 15.3 Å². The summed E-state index contributed by atoms with van der Waals surface area (Å²) in [5.74, 6) is 1.77. The van der Waals surface area contributed by atoms with Gasteiger partial charge in [-0.3, -0.25) is 0 Å². The Morgan fingerprint density at radius 3 is 2.62 bits per heavy atom. The van der Waals surface area contributed by atoms with Crippen molar-refractivity contribution < 1.29 is 4.74 Å². The molecular weight excluding hydrogens is 282 g/mol. The van der Waals surface area contributed by atoms with Crippen LogP contribution in [0.5, 0.6) is 5.75 Å². The van der Waals surface area contributed by atoms with Gasteiger partial charge in [0.05, 0.1) is 7.11 Å². The Balaban J connectivity index is 2.10. The van der Waals surface area contributed by atoms with Gasteiger partial charge in [0, 0.05) is 29.8 Å². The number of nitrogens with one attached hydrogen (secondary N) is 1. The summed E-state index contributed by atoms with van der Waals surface area (Å²) in [5.41, 5.74) is 2.24. The smallest absolute Gasteiger partial charge is 0.187 e. The van der Waals surface area contributed by atoms with Crippen LogP contribution in [0.2, 0.25) is 0 Å². The second-order valence-corrected chi connectivity index (χ2v) is 5.69. The van der Waals surface area contributed by atoms with E-state index >= 15 is 0 Å². The zero-order chi connectivity index (χ0) is 15.1. The summed E-state index contributed by atoms with van der Waals surface area (Å²) >= 11 is 1.65. The molecule has 21 heavy (non-hydrogen) atoms. The number of aromatic nitrogens is 2. The molecule has 1 atom stereocenters. The number of benzene rings is 1. The second-order valence-electron chi connectivity index (χ2n) is 4.71. The number of aryl methyl sites for hydroxylation is 1. The summed E-state index contributed by atoms with van der Waals surface area (Å²) in [6, 6.07) is 8.33. The molecule has 1 heterocycles. The van der Waals surface area contributed by atoms with E-state index in [4.69, 9.17) is 4.74 Å². The van der Waals surface area contributed by atoms with Crippen LogP contribution in [-0.2, 0) is 0 Å². The highest BCUT2D eigenvalue weighted by molar-refractivity contribution is 7.99. The Morgan fingerprint density at radius 2 is 1.95 bits per heavy atom. The van der Waals surface area contributed by atoms with Crippen molar-refractivity contribution in [1.29, 1.82) is 0 Å². The van der Waals surface area contributed by atoms with Crippen molar-refractivity contribution in [3.8, 4) is 5.75 Å². The van der Waals surface area contributed by atoms with E-state index in [0.29, 0.717) is 0 Å². The highest BCUT2D eigenvalue weighted by atomic mass is 32.2. The summed E-state index contributed by atoms with van der Waals surface area (Å²) in [4.78, 5) is 8.68. The molecule has 5 heteroatoms. The predicted octanol–water partition coefficient (Wildman–Crippen LogP) is 3.24. The molecular formula is C16H21N3OS. The lowest BCUT2D eigenvalue weighted by Crippen LogP contribution is -2.23. The first kappa shape index (κ1) is 15.8. The van der Waals surface area contributed by atoms with Crippen molar-refractivity contribution in [2.75, 3.05) is 19.4 Å². The number of ether oxygens (including phenoxy) is 1. The zero-order valence-electron chi connectivity index (χ0n) is 12.7. The van der Waals surface area contributed by atoms with Gasteiger partial charge in [-0.05, 0) is 25.1 Å². The predicted molar refractivity (Wildman–Crippen MR) is 86.9 cm³/mol. The molecule has 1 N–H and O–H groups in total. The molecule has 0 aliphatic carbocycles. The first-order chi connectivity index (χ1) is 10.2. The molecule has 0 saturated heterocycles. The third-order valence-corrected chi connectivity index (χ3v) is 4.07. The van der Waals surface area contributed by atoms with Gasteiger partial charge in [0.15, 0.2) is 5.16 Å². The number of nitrogens with zero attached hydrogens (tertiary/aromatic N) is 2. The largest absolute Gasteiger partial charge is 0.496 e. The normalized spacial score (nSPS) is 12.1. The van der Waals surface area contributed by atoms with Crippen molar-refractivity contribution >= 4 is 11.8 Å². The fourth-order valence-corrected chi connectivity index (χ4v) is 2.94. The molecule has 0 bridgehead atoms. The lowest BCUT2D eigenvalue weighted by molar-refractivity contribution is 0.403. The molecule has 1 unspecified atom stereocenters. The molecule has 0 saturated carbocycles. The highest BCUT2D eigenvalue weighted by Crippen LogP contribution is 2.28. The highest BCUT2D eigenvalue weighted by Gasteiger charge is 2.15. The maximum Gasteiger partial charge on any atom is 0.187 e. The molecule has 0 amide bonds. The van der Waals surface area contributed by atoms with Gasteiger partial charge in [0.2, 0.25) is 0 Å². The van der Waals surface area contributed by atoms with Crippen molar-refractivity contribution in [2.45, 2.75) is 25.0 Å². The van der Waals surface area contributed by atoms with Crippen LogP contribution < -0.4 is 10.1 Å². The molecule has 0 radical (unpaired) electrons. The van der Waals surface area contributed by atoms with E-state index in [9.17, 15) is 0 Å². The lowest BCUT2D eigenvalue weighted by atomic mass is 10.1. The molecule has 0 fully saturated rings. The van der Waals surface area contributed by atoms with Gasteiger partial charge in [-0.15, -0.1) is 0 Å². The van der Waals surface area contributed by atoms with Crippen LogP contribution in [0, 0.1) is 6.92 Å². The molecule has 0 aliphatic heterocycles. The number of hydrogen-bond acceptors (Lipinski definition) is 5. The monoisotopic (exact) mass is 303 g/mol. The van der Waals surface area contributed by atoms with Gasteiger partial charge in [0.1, 0.15) is 5.75 Å². The standard InChI is InChI=1S/C16H21N3OS/c1-4-17-14(13-7-5-6-8-15(13)20-3)11-21-16-18-9-12(2)10-19-16/h5-10,14,17H,4,11H2,1-3H3. The first-order valence-corrected chi connectivity index (χ1v) is 8.01. The van der Waals surface area contributed by atoms with E-state index in [1.807, 2.05) is 37.5 Å².